The van der Waals surface area contributed by atoms with Crippen molar-refractivity contribution in [3.05, 3.63) is 65.2 Å². The molecule has 0 aromatic heterocycles. The summed E-state index contributed by atoms with van der Waals surface area (Å²) in [5.41, 5.74) is 3.06. The van der Waals surface area contributed by atoms with Gasteiger partial charge >= 0.3 is 0 Å². The van der Waals surface area contributed by atoms with E-state index < -0.39 is 0 Å². The van der Waals surface area contributed by atoms with Gasteiger partial charge in [0.25, 0.3) is 5.91 Å². The Morgan fingerprint density at radius 1 is 1.00 bits per heavy atom. The maximum atomic E-state index is 12.3. The number of nitrogens with zero attached hydrogens (tertiary/aromatic N) is 1. The Kier molecular flexibility index (Phi) is 6.82. The van der Waals surface area contributed by atoms with Crippen LogP contribution < -0.4 is 10.1 Å². The third-order valence-electron chi connectivity index (χ3n) is 4.20. The molecule has 0 heterocycles. The van der Waals surface area contributed by atoms with Crippen molar-refractivity contribution in [3.8, 4) is 5.75 Å². The van der Waals surface area contributed by atoms with Gasteiger partial charge in [0, 0.05) is 18.7 Å². The number of methoxy groups -OCH3 is 1. The van der Waals surface area contributed by atoms with E-state index in [1.54, 1.807) is 31.4 Å². The lowest BCUT2D eigenvalue weighted by atomic mass is 10.1. The lowest BCUT2D eigenvalue weighted by Crippen LogP contribution is -2.26. The first-order valence-electron chi connectivity index (χ1n) is 8.39. The van der Waals surface area contributed by atoms with Crippen molar-refractivity contribution in [2.45, 2.75) is 26.9 Å². The molecule has 0 saturated carbocycles. The summed E-state index contributed by atoms with van der Waals surface area (Å²) >= 11 is 0. The highest BCUT2D eigenvalue weighted by molar-refractivity contribution is 5.94. The average Bonchev–Trinajstić information content (AvgIpc) is 2.65. The highest BCUT2D eigenvalue weighted by Gasteiger charge is 2.09. The number of hydrogen-bond donors (Lipinski definition) is 1. The Balaban J connectivity index is 2.01. The van der Waals surface area contributed by atoms with Gasteiger partial charge in [-0.3, -0.25) is 9.69 Å². The van der Waals surface area contributed by atoms with Crippen LogP contribution in [0.2, 0.25) is 0 Å². The molecule has 0 fully saturated rings. The number of hydrogen-bond acceptors (Lipinski definition) is 3. The molecule has 0 aliphatic heterocycles. The number of amides is 1. The maximum absolute atomic E-state index is 12.3. The normalized spacial score (nSPS) is 10.7. The lowest BCUT2D eigenvalue weighted by Gasteiger charge is -2.20. The molecule has 4 heteroatoms. The smallest absolute Gasteiger partial charge is 0.251 e. The SMILES string of the molecule is CCN(CC)Cc1ccccc1CNC(=O)c1ccc(OC)cc1. The topological polar surface area (TPSA) is 41.6 Å². The Morgan fingerprint density at radius 3 is 2.21 bits per heavy atom. The second-order valence-corrected chi connectivity index (χ2v) is 5.64. The van der Waals surface area contributed by atoms with Crippen LogP contribution in [0.1, 0.15) is 35.3 Å². The average molecular weight is 326 g/mol. The Bertz CT molecular complexity index is 649. The summed E-state index contributed by atoms with van der Waals surface area (Å²) in [5, 5.41) is 3.00. The fourth-order valence-electron chi connectivity index (χ4n) is 2.59. The lowest BCUT2D eigenvalue weighted by molar-refractivity contribution is 0.0950. The predicted molar refractivity (Wildman–Crippen MR) is 97.2 cm³/mol. The van der Waals surface area contributed by atoms with Gasteiger partial charge in [-0.15, -0.1) is 0 Å². The molecule has 1 N–H and O–H groups in total. The van der Waals surface area contributed by atoms with Gasteiger partial charge in [-0.1, -0.05) is 38.1 Å². The molecule has 2 rings (SSSR count). The first-order valence-corrected chi connectivity index (χ1v) is 8.39. The van der Waals surface area contributed by atoms with Crippen LogP contribution in [0.3, 0.4) is 0 Å². The van der Waals surface area contributed by atoms with E-state index in [1.165, 1.54) is 5.56 Å². The third-order valence-corrected chi connectivity index (χ3v) is 4.20. The second-order valence-electron chi connectivity index (χ2n) is 5.64. The number of carbonyl (C=O) groups is 1. The Hall–Kier alpha value is -2.33. The number of nitrogens with one attached hydrogen (secondary N) is 1. The minimum absolute atomic E-state index is 0.0738. The van der Waals surface area contributed by atoms with Crippen molar-refractivity contribution in [1.29, 1.82) is 0 Å². The maximum Gasteiger partial charge on any atom is 0.251 e. The molecule has 4 nitrogen and oxygen atoms in total. The third kappa shape index (κ3) is 4.83. The van der Waals surface area contributed by atoms with Crippen molar-refractivity contribution < 1.29 is 9.53 Å². The fourth-order valence-corrected chi connectivity index (χ4v) is 2.59. The van der Waals surface area contributed by atoms with Crippen LogP contribution in [-0.4, -0.2) is 31.0 Å². The van der Waals surface area contributed by atoms with Crippen LogP contribution in [-0.2, 0) is 13.1 Å². The van der Waals surface area contributed by atoms with Gasteiger partial charge in [-0.05, 0) is 48.5 Å². The highest BCUT2D eigenvalue weighted by Crippen LogP contribution is 2.13. The van der Waals surface area contributed by atoms with E-state index in [9.17, 15) is 4.79 Å². The zero-order valence-corrected chi connectivity index (χ0v) is 14.7. The zero-order valence-electron chi connectivity index (χ0n) is 14.7. The molecule has 1 amide bonds. The minimum Gasteiger partial charge on any atom is -0.497 e. The molecule has 0 saturated heterocycles. The van der Waals surface area contributed by atoms with Gasteiger partial charge in [-0.2, -0.15) is 0 Å². The van der Waals surface area contributed by atoms with Gasteiger partial charge in [0.15, 0.2) is 0 Å². The largest absolute Gasteiger partial charge is 0.497 e. The van der Waals surface area contributed by atoms with Crippen molar-refractivity contribution in [2.75, 3.05) is 20.2 Å². The zero-order chi connectivity index (χ0) is 17.4. The number of benzene rings is 2. The van der Waals surface area contributed by atoms with Gasteiger partial charge in [0.05, 0.1) is 7.11 Å². The van der Waals surface area contributed by atoms with E-state index in [-0.39, 0.29) is 5.91 Å². The van der Waals surface area contributed by atoms with Crippen LogP contribution in [0.25, 0.3) is 0 Å². The summed E-state index contributed by atoms with van der Waals surface area (Å²) in [6.45, 7) is 7.80. The molecular weight excluding hydrogens is 300 g/mol. The van der Waals surface area contributed by atoms with E-state index in [2.05, 4.69) is 36.2 Å². The van der Waals surface area contributed by atoms with E-state index in [0.29, 0.717) is 12.1 Å². The van der Waals surface area contributed by atoms with E-state index in [1.807, 2.05) is 12.1 Å². The molecule has 0 radical (unpaired) electrons. The van der Waals surface area contributed by atoms with Crippen LogP contribution >= 0.6 is 0 Å². The first kappa shape index (κ1) is 18.0. The number of ether oxygens (including phenoxy) is 1. The molecular formula is C20H26N2O2. The molecule has 24 heavy (non-hydrogen) atoms. The molecule has 0 spiro atoms. The van der Waals surface area contributed by atoms with Crippen LogP contribution in [0, 0.1) is 0 Å². The first-order chi connectivity index (χ1) is 11.7. The summed E-state index contributed by atoms with van der Waals surface area (Å²) in [5.74, 6) is 0.673. The van der Waals surface area contributed by atoms with Gasteiger partial charge in [-0.25, -0.2) is 0 Å². The van der Waals surface area contributed by atoms with Crippen LogP contribution in [0.4, 0.5) is 0 Å². The van der Waals surface area contributed by atoms with Gasteiger partial charge in [0.1, 0.15) is 5.75 Å². The van der Waals surface area contributed by atoms with E-state index >= 15 is 0 Å². The summed E-state index contributed by atoms with van der Waals surface area (Å²) < 4.78 is 5.12. The van der Waals surface area contributed by atoms with E-state index in [0.717, 1.165) is 30.9 Å². The molecule has 0 aliphatic carbocycles. The minimum atomic E-state index is -0.0738. The summed E-state index contributed by atoms with van der Waals surface area (Å²) in [4.78, 5) is 14.7. The van der Waals surface area contributed by atoms with Gasteiger partial charge in [0.2, 0.25) is 0 Å². The van der Waals surface area contributed by atoms with Crippen LogP contribution in [0.5, 0.6) is 5.75 Å². The molecule has 0 atom stereocenters. The molecule has 2 aromatic rings. The van der Waals surface area contributed by atoms with Crippen molar-refractivity contribution in [2.24, 2.45) is 0 Å². The summed E-state index contributed by atoms with van der Waals surface area (Å²) in [7, 11) is 1.61. The number of carbonyl (C=O) groups excluding carboxylic acids is 1. The van der Waals surface area contributed by atoms with Crippen LogP contribution in [0.15, 0.2) is 48.5 Å². The van der Waals surface area contributed by atoms with Crippen molar-refractivity contribution in [3.63, 3.8) is 0 Å². The fraction of sp³-hybridized carbons (Fsp3) is 0.350. The molecule has 0 unspecified atom stereocenters. The molecule has 0 bridgehead atoms. The molecule has 0 aliphatic rings. The summed E-state index contributed by atoms with van der Waals surface area (Å²) in [6.07, 6.45) is 0. The summed E-state index contributed by atoms with van der Waals surface area (Å²) in [6, 6.07) is 15.4. The molecule has 2 aromatic carbocycles. The van der Waals surface area contributed by atoms with Gasteiger partial charge < -0.3 is 10.1 Å². The van der Waals surface area contributed by atoms with Crippen molar-refractivity contribution in [1.82, 2.24) is 10.2 Å². The molecule has 128 valence electrons. The number of rotatable bonds is 8. The standard InChI is InChI=1S/C20H26N2O2/c1-4-22(5-2)15-18-9-7-6-8-17(18)14-21-20(23)16-10-12-19(24-3)13-11-16/h6-13H,4-5,14-15H2,1-3H3,(H,21,23). The second kappa shape index (κ2) is 9.08. The quantitative estimate of drug-likeness (QED) is 0.807. The Labute approximate surface area is 144 Å². The highest BCUT2D eigenvalue weighted by atomic mass is 16.5. The Morgan fingerprint density at radius 2 is 1.62 bits per heavy atom. The van der Waals surface area contributed by atoms with Crippen molar-refractivity contribution >= 4 is 5.91 Å². The van der Waals surface area contributed by atoms with E-state index in [4.69, 9.17) is 4.74 Å². The monoisotopic (exact) mass is 326 g/mol. The predicted octanol–water partition coefficient (Wildman–Crippen LogP) is 3.47.